The Balaban J connectivity index is 2.37. The monoisotopic (exact) mass is 227 g/mol. The second-order valence-corrected chi connectivity index (χ2v) is 3.83. The molecule has 5 nitrogen and oxygen atoms in total. The van der Waals surface area contributed by atoms with E-state index >= 15 is 0 Å². The third kappa shape index (κ3) is 4.28. The molecule has 1 aromatic heterocycles. The van der Waals surface area contributed by atoms with Crippen LogP contribution in [0.5, 0.6) is 0 Å². The summed E-state index contributed by atoms with van der Waals surface area (Å²) in [5, 5.41) is 3.86. The van der Waals surface area contributed by atoms with Crippen molar-refractivity contribution in [1.82, 2.24) is 10.1 Å². The van der Waals surface area contributed by atoms with E-state index in [9.17, 15) is 0 Å². The number of unbranched alkanes of at least 4 members (excludes halogenated alkanes) is 1. The highest BCUT2D eigenvalue weighted by atomic mass is 16.5. The van der Waals surface area contributed by atoms with Gasteiger partial charge in [-0.05, 0) is 12.8 Å². The van der Waals surface area contributed by atoms with Gasteiger partial charge in [-0.25, -0.2) is 0 Å². The van der Waals surface area contributed by atoms with Crippen molar-refractivity contribution < 1.29 is 9.26 Å². The minimum Gasteiger partial charge on any atom is -0.379 e. The highest BCUT2D eigenvalue weighted by Crippen LogP contribution is 2.09. The number of nitrogens with two attached hydrogens (primary N) is 1. The van der Waals surface area contributed by atoms with Gasteiger partial charge >= 0.3 is 0 Å². The van der Waals surface area contributed by atoms with Crippen LogP contribution in [-0.2, 0) is 11.2 Å². The number of nitrogens with zero attached hydrogens (tertiary/aromatic N) is 2. The summed E-state index contributed by atoms with van der Waals surface area (Å²) in [6.07, 6.45) is 3.99. The van der Waals surface area contributed by atoms with E-state index in [4.69, 9.17) is 15.0 Å². The van der Waals surface area contributed by atoms with Crippen LogP contribution in [0.3, 0.4) is 0 Å². The van der Waals surface area contributed by atoms with E-state index < -0.39 is 0 Å². The van der Waals surface area contributed by atoms with Gasteiger partial charge in [0.1, 0.15) is 0 Å². The molecule has 1 atom stereocenters. The molecule has 1 rings (SSSR count). The smallest absolute Gasteiger partial charge is 0.226 e. The molecule has 0 radical (unpaired) electrons. The second kappa shape index (κ2) is 7.35. The molecular formula is C11H21N3O2. The third-order valence-corrected chi connectivity index (χ3v) is 2.21. The Morgan fingerprint density at radius 3 is 2.88 bits per heavy atom. The summed E-state index contributed by atoms with van der Waals surface area (Å²) in [5.74, 6) is 1.21. The van der Waals surface area contributed by atoms with E-state index in [-0.39, 0.29) is 6.04 Å². The molecule has 2 N–H and O–H groups in total. The van der Waals surface area contributed by atoms with Crippen molar-refractivity contribution in [3.8, 4) is 0 Å². The maximum absolute atomic E-state index is 5.87. The molecule has 5 heteroatoms. The molecule has 1 heterocycles. The summed E-state index contributed by atoms with van der Waals surface area (Å²) >= 11 is 0. The van der Waals surface area contributed by atoms with E-state index in [1.165, 1.54) is 0 Å². The molecule has 0 aliphatic rings. The summed E-state index contributed by atoms with van der Waals surface area (Å²) in [6.45, 7) is 5.35. The van der Waals surface area contributed by atoms with Gasteiger partial charge in [-0.1, -0.05) is 25.4 Å². The quantitative estimate of drug-likeness (QED) is 0.686. The standard InChI is InChI=1S/C11H21N3O2/c1-3-5-6-10-13-11(14-16-10)9(12)8-15-7-4-2/h9H,3-8,12H2,1-2H3. The lowest BCUT2D eigenvalue weighted by molar-refractivity contribution is 0.119. The maximum Gasteiger partial charge on any atom is 0.226 e. The van der Waals surface area contributed by atoms with E-state index in [2.05, 4.69) is 24.0 Å². The lowest BCUT2D eigenvalue weighted by Gasteiger charge is -2.06. The van der Waals surface area contributed by atoms with Crippen molar-refractivity contribution in [2.45, 2.75) is 45.6 Å². The zero-order chi connectivity index (χ0) is 11.8. The summed E-state index contributed by atoms with van der Waals surface area (Å²) < 4.78 is 10.4. The minimum atomic E-state index is -0.286. The number of aryl methyl sites for hydroxylation is 1. The number of aromatic nitrogens is 2. The van der Waals surface area contributed by atoms with Crippen LogP contribution < -0.4 is 5.73 Å². The average molecular weight is 227 g/mol. The number of rotatable bonds is 8. The van der Waals surface area contributed by atoms with E-state index in [1.807, 2.05) is 0 Å². The lowest BCUT2D eigenvalue weighted by atomic mass is 10.2. The molecular weight excluding hydrogens is 206 g/mol. The SMILES string of the molecule is CCCCc1nc(C(N)COCCC)no1. The van der Waals surface area contributed by atoms with Crippen LogP contribution in [0.2, 0.25) is 0 Å². The fourth-order valence-corrected chi connectivity index (χ4v) is 1.28. The van der Waals surface area contributed by atoms with Gasteiger partial charge in [-0.15, -0.1) is 0 Å². The van der Waals surface area contributed by atoms with Gasteiger partial charge in [0.05, 0.1) is 12.6 Å². The second-order valence-electron chi connectivity index (χ2n) is 3.83. The van der Waals surface area contributed by atoms with Gasteiger partial charge < -0.3 is 15.0 Å². The Labute approximate surface area is 96.4 Å². The zero-order valence-corrected chi connectivity index (χ0v) is 10.1. The molecule has 16 heavy (non-hydrogen) atoms. The molecule has 0 saturated heterocycles. The molecule has 0 saturated carbocycles. The number of hydrogen-bond donors (Lipinski definition) is 1. The molecule has 92 valence electrons. The van der Waals surface area contributed by atoms with Gasteiger partial charge in [0.25, 0.3) is 0 Å². The first-order chi connectivity index (χ1) is 7.77. The topological polar surface area (TPSA) is 74.2 Å². The van der Waals surface area contributed by atoms with Crippen molar-refractivity contribution in [2.75, 3.05) is 13.2 Å². The van der Waals surface area contributed by atoms with E-state index in [0.29, 0.717) is 24.9 Å². The Morgan fingerprint density at radius 1 is 1.38 bits per heavy atom. The van der Waals surface area contributed by atoms with Crippen molar-refractivity contribution in [3.63, 3.8) is 0 Å². The van der Waals surface area contributed by atoms with E-state index in [1.54, 1.807) is 0 Å². The fraction of sp³-hybridized carbons (Fsp3) is 0.818. The van der Waals surface area contributed by atoms with Crippen LogP contribution in [0.25, 0.3) is 0 Å². The largest absolute Gasteiger partial charge is 0.379 e. The first-order valence-electron chi connectivity index (χ1n) is 5.93. The zero-order valence-electron chi connectivity index (χ0n) is 10.1. The molecule has 0 aliphatic heterocycles. The summed E-state index contributed by atoms with van der Waals surface area (Å²) in [6, 6.07) is -0.286. The molecule has 1 unspecified atom stereocenters. The van der Waals surface area contributed by atoms with Crippen LogP contribution >= 0.6 is 0 Å². The number of ether oxygens (including phenoxy) is 1. The van der Waals surface area contributed by atoms with Gasteiger partial charge in [0.2, 0.25) is 5.89 Å². The Morgan fingerprint density at radius 2 is 2.19 bits per heavy atom. The van der Waals surface area contributed by atoms with Crippen LogP contribution in [0.15, 0.2) is 4.52 Å². The molecule has 0 bridgehead atoms. The van der Waals surface area contributed by atoms with Crippen molar-refractivity contribution in [2.24, 2.45) is 5.73 Å². The van der Waals surface area contributed by atoms with Crippen LogP contribution in [-0.4, -0.2) is 23.4 Å². The van der Waals surface area contributed by atoms with Gasteiger partial charge in [0.15, 0.2) is 5.82 Å². The molecule has 0 aromatic carbocycles. The first-order valence-corrected chi connectivity index (χ1v) is 5.93. The van der Waals surface area contributed by atoms with Gasteiger partial charge in [-0.2, -0.15) is 4.98 Å². The summed E-state index contributed by atoms with van der Waals surface area (Å²) in [5.41, 5.74) is 5.87. The summed E-state index contributed by atoms with van der Waals surface area (Å²) in [4.78, 5) is 4.24. The molecule has 0 fully saturated rings. The summed E-state index contributed by atoms with van der Waals surface area (Å²) in [7, 11) is 0. The van der Waals surface area contributed by atoms with E-state index in [0.717, 1.165) is 25.7 Å². The first kappa shape index (κ1) is 13.1. The minimum absolute atomic E-state index is 0.286. The van der Waals surface area contributed by atoms with Crippen molar-refractivity contribution in [1.29, 1.82) is 0 Å². The highest BCUT2D eigenvalue weighted by molar-refractivity contribution is 4.92. The third-order valence-electron chi connectivity index (χ3n) is 2.21. The Bertz CT molecular complexity index is 289. The predicted molar refractivity (Wildman–Crippen MR) is 60.9 cm³/mol. The Kier molecular flexibility index (Phi) is 6.03. The molecule has 0 aliphatic carbocycles. The van der Waals surface area contributed by atoms with Crippen molar-refractivity contribution >= 4 is 0 Å². The normalized spacial score (nSPS) is 12.9. The van der Waals surface area contributed by atoms with Gasteiger partial charge in [-0.3, -0.25) is 0 Å². The maximum atomic E-state index is 5.87. The molecule has 1 aromatic rings. The molecule has 0 amide bonds. The highest BCUT2D eigenvalue weighted by Gasteiger charge is 2.13. The number of hydrogen-bond acceptors (Lipinski definition) is 5. The van der Waals surface area contributed by atoms with Crippen LogP contribution in [0, 0.1) is 0 Å². The van der Waals surface area contributed by atoms with Gasteiger partial charge in [0, 0.05) is 13.0 Å². The Hall–Kier alpha value is -0.940. The fourth-order valence-electron chi connectivity index (χ4n) is 1.28. The van der Waals surface area contributed by atoms with Crippen LogP contribution in [0.4, 0.5) is 0 Å². The molecule has 0 spiro atoms. The lowest BCUT2D eigenvalue weighted by Crippen LogP contribution is -2.18. The average Bonchev–Trinajstić information content (AvgIpc) is 2.75. The van der Waals surface area contributed by atoms with Crippen molar-refractivity contribution in [3.05, 3.63) is 11.7 Å². The predicted octanol–water partition coefficient (Wildman–Crippen LogP) is 1.84. The van der Waals surface area contributed by atoms with Crippen LogP contribution in [0.1, 0.15) is 50.9 Å².